The quantitative estimate of drug-likeness (QED) is 0.529. The number of nitriles is 1. The normalized spacial score (nSPS) is 24.7. The van der Waals surface area contributed by atoms with Crippen LogP contribution in [-0.2, 0) is 19.8 Å². The molecule has 3 heterocycles. The number of rotatable bonds is 7. The molecule has 3 fully saturated rings. The van der Waals surface area contributed by atoms with Crippen molar-refractivity contribution >= 4 is 33.6 Å². The van der Waals surface area contributed by atoms with Gasteiger partial charge in [0.1, 0.15) is 11.9 Å². The summed E-state index contributed by atoms with van der Waals surface area (Å²) in [6, 6.07) is 4.43. The van der Waals surface area contributed by atoms with Crippen LogP contribution in [0.2, 0.25) is 5.02 Å². The predicted octanol–water partition coefficient (Wildman–Crippen LogP) is 1.03. The van der Waals surface area contributed by atoms with Crippen molar-refractivity contribution in [2.24, 2.45) is 11.8 Å². The Balaban J connectivity index is 1.40. The first-order valence-electron chi connectivity index (χ1n) is 12.0. The first-order valence-corrected chi connectivity index (χ1v) is 13.7. The summed E-state index contributed by atoms with van der Waals surface area (Å²) >= 11 is 5.72. The zero-order valence-electron chi connectivity index (χ0n) is 19.6. The van der Waals surface area contributed by atoms with E-state index < -0.39 is 46.5 Å². The number of hydrogen-bond donors (Lipinski definition) is 2. The molecule has 0 bridgehead atoms. The van der Waals surface area contributed by atoms with Gasteiger partial charge in [-0.2, -0.15) is 22.3 Å². The first-order chi connectivity index (χ1) is 17.1. The van der Waals surface area contributed by atoms with Crippen molar-refractivity contribution in [3.05, 3.63) is 34.6 Å². The highest BCUT2D eigenvalue weighted by Crippen LogP contribution is 2.29. The number of aliphatic hydroxyl groups is 1. The summed E-state index contributed by atoms with van der Waals surface area (Å²) in [7, 11) is -3.75. The number of nitrogens with one attached hydrogen (secondary N) is 1. The van der Waals surface area contributed by atoms with Crippen LogP contribution in [-0.4, -0.2) is 84.2 Å². The van der Waals surface area contributed by atoms with Gasteiger partial charge in [0, 0.05) is 32.7 Å². The lowest BCUT2D eigenvalue weighted by Crippen LogP contribution is -2.57. The molecular weight excluding hydrogens is 513 g/mol. The van der Waals surface area contributed by atoms with Crippen LogP contribution in [0.5, 0.6) is 0 Å². The molecule has 0 radical (unpaired) electrons. The molecule has 3 atom stereocenters. The minimum atomic E-state index is -3.75. The molecular formula is C23H29ClFN5O5S. The van der Waals surface area contributed by atoms with Crippen LogP contribution < -0.4 is 5.32 Å². The minimum Gasteiger partial charge on any atom is -0.394 e. The SMILES string of the molecule is N#CC1CN(S(=O)(=O)N2CCC[C@H](C(=O)N3CCC[C@@H]3C(=O)N[C@H](CO)c3ccc(Cl)c(F)c3)C2)C1. The lowest BCUT2D eigenvalue weighted by molar-refractivity contribution is -0.142. The topological polar surface area (TPSA) is 134 Å². The van der Waals surface area contributed by atoms with Crippen molar-refractivity contribution in [1.82, 2.24) is 18.8 Å². The second kappa shape index (κ2) is 11.0. The van der Waals surface area contributed by atoms with Gasteiger partial charge in [0.05, 0.1) is 35.6 Å². The molecule has 3 saturated heterocycles. The summed E-state index contributed by atoms with van der Waals surface area (Å²) in [5.41, 5.74) is 0.349. The number of piperidine rings is 1. The number of amides is 2. The average molecular weight is 542 g/mol. The van der Waals surface area contributed by atoms with Gasteiger partial charge >= 0.3 is 0 Å². The average Bonchev–Trinajstić information content (AvgIpc) is 3.33. The third-order valence-electron chi connectivity index (χ3n) is 7.10. The van der Waals surface area contributed by atoms with Crippen LogP contribution in [0, 0.1) is 29.0 Å². The van der Waals surface area contributed by atoms with Crippen LogP contribution in [0.15, 0.2) is 18.2 Å². The second-order valence-electron chi connectivity index (χ2n) is 9.45. The number of carbonyl (C=O) groups excluding carboxylic acids is 2. The second-order valence-corrected chi connectivity index (χ2v) is 11.8. The van der Waals surface area contributed by atoms with E-state index in [-0.39, 0.29) is 36.5 Å². The molecule has 0 aliphatic carbocycles. The van der Waals surface area contributed by atoms with E-state index in [9.17, 15) is 27.5 Å². The lowest BCUT2D eigenvalue weighted by Gasteiger charge is -2.41. The van der Waals surface area contributed by atoms with E-state index >= 15 is 0 Å². The highest BCUT2D eigenvalue weighted by molar-refractivity contribution is 7.86. The van der Waals surface area contributed by atoms with E-state index in [4.69, 9.17) is 16.9 Å². The monoisotopic (exact) mass is 541 g/mol. The maximum atomic E-state index is 13.9. The highest BCUT2D eigenvalue weighted by Gasteiger charge is 2.44. The fraction of sp³-hybridized carbons (Fsp3) is 0.609. The van der Waals surface area contributed by atoms with Gasteiger partial charge in [-0.05, 0) is 43.4 Å². The van der Waals surface area contributed by atoms with Gasteiger partial charge in [0.15, 0.2) is 0 Å². The van der Waals surface area contributed by atoms with E-state index in [0.29, 0.717) is 44.3 Å². The minimum absolute atomic E-state index is 0.0308. The molecule has 0 unspecified atom stereocenters. The van der Waals surface area contributed by atoms with Gasteiger partial charge in [0.25, 0.3) is 10.2 Å². The molecule has 3 aliphatic rings. The Morgan fingerprint density at radius 2 is 1.92 bits per heavy atom. The highest BCUT2D eigenvalue weighted by atomic mass is 35.5. The third kappa shape index (κ3) is 5.35. The van der Waals surface area contributed by atoms with Gasteiger partial charge in [-0.3, -0.25) is 9.59 Å². The fourth-order valence-electron chi connectivity index (χ4n) is 4.99. The van der Waals surface area contributed by atoms with Crippen LogP contribution in [0.25, 0.3) is 0 Å². The first kappa shape index (κ1) is 26.8. The molecule has 4 rings (SSSR count). The molecule has 0 aromatic heterocycles. The molecule has 2 N–H and O–H groups in total. The Morgan fingerprint density at radius 1 is 1.19 bits per heavy atom. The Morgan fingerprint density at radius 3 is 2.58 bits per heavy atom. The van der Waals surface area contributed by atoms with Crippen molar-refractivity contribution in [2.75, 3.05) is 39.3 Å². The molecule has 0 spiro atoms. The van der Waals surface area contributed by atoms with Gasteiger partial charge in [0.2, 0.25) is 11.8 Å². The summed E-state index contributed by atoms with van der Waals surface area (Å²) < 4.78 is 42.3. The molecule has 1 aromatic carbocycles. The smallest absolute Gasteiger partial charge is 0.282 e. The zero-order valence-corrected chi connectivity index (χ0v) is 21.2. The third-order valence-corrected chi connectivity index (χ3v) is 9.34. The maximum absolute atomic E-state index is 13.9. The Kier molecular flexibility index (Phi) is 8.16. The summed E-state index contributed by atoms with van der Waals surface area (Å²) in [6.07, 6.45) is 2.08. The largest absolute Gasteiger partial charge is 0.394 e. The summed E-state index contributed by atoms with van der Waals surface area (Å²) in [4.78, 5) is 28.0. The van der Waals surface area contributed by atoms with Crippen LogP contribution in [0.4, 0.5) is 4.39 Å². The van der Waals surface area contributed by atoms with Crippen LogP contribution >= 0.6 is 11.6 Å². The molecule has 0 saturated carbocycles. The van der Waals surface area contributed by atoms with Gasteiger partial charge < -0.3 is 15.3 Å². The molecule has 1 aromatic rings. The molecule has 13 heteroatoms. The van der Waals surface area contributed by atoms with E-state index in [1.807, 2.05) is 0 Å². The molecule has 196 valence electrons. The maximum Gasteiger partial charge on any atom is 0.282 e. The van der Waals surface area contributed by atoms with Gasteiger partial charge in [-0.25, -0.2) is 4.39 Å². The van der Waals surface area contributed by atoms with Crippen LogP contribution in [0.1, 0.15) is 37.3 Å². The molecule has 2 amide bonds. The number of nitrogens with zero attached hydrogens (tertiary/aromatic N) is 4. The van der Waals surface area contributed by atoms with Crippen molar-refractivity contribution in [1.29, 1.82) is 5.26 Å². The van der Waals surface area contributed by atoms with Crippen LogP contribution in [0.3, 0.4) is 0 Å². The lowest BCUT2D eigenvalue weighted by atomic mass is 9.97. The zero-order chi connectivity index (χ0) is 26.0. The Labute approximate surface area is 214 Å². The molecule has 10 nitrogen and oxygen atoms in total. The number of carbonyl (C=O) groups is 2. The van der Waals surface area contributed by atoms with E-state index in [1.165, 1.54) is 25.6 Å². The number of likely N-dealkylation sites (tertiary alicyclic amines) is 1. The number of aliphatic hydroxyl groups excluding tert-OH is 1. The van der Waals surface area contributed by atoms with Crippen molar-refractivity contribution < 1.29 is 27.5 Å². The number of hydrogen-bond acceptors (Lipinski definition) is 6. The summed E-state index contributed by atoms with van der Waals surface area (Å²) in [6.45, 7) is 0.557. The summed E-state index contributed by atoms with van der Waals surface area (Å²) in [5, 5.41) is 21.4. The fourth-order valence-corrected chi connectivity index (χ4v) is 6.90. The van der Waals surface area contributed by atoms with E-state index in [1.54, 1.807) is 0 Å². The van der Waals surface area contributed by atoms with E-state index in [2.05, 4.69) is 11.4 Å². The number of benzene rings is 1. The number of halogens is 2. The Hall–Kier alpha value is -2.30. The Bertz CT molecular complexity index is 1160. The standard InChI is InChI=1S/C23H29ClFN5O5S/c24-18-6-5-16(9-19(18)25)20(14-31)27-22(32)21-4-2-8-30(21)23(33)17-3-1-7-28(13-17)36(34,35)29-11-15(10-26)12-29/h5-6,9,15,17,20-21,31H,1-4,7-8,11-14H2,(H,27,32)/t17-,20+,21+/m0/s1. The van der Waals surface area contributed by atoms with Gasteiger partial charge in [-0.1, -0.05) is 17.7 Å². The predicted molar refractivity (Wildman–Crippen MR) is 128 cm³/mol. The van der Waals surface area contributed by atoms with Crippen molar-refractivity contribution in [3.8, 4) is 6.07 Å². The summed E-state index contributed by atoms with van der Waals surface area (Å²) in [5.74, 6) is -2.28. The van der Waals surface area contributed by atoms with Crippen molar-refractivity contribution in [3.63, 3.8) is 0 Å². The van der Waals surface area contributed by atoms with E-state index in [0.717, 1.165) is 6.07 Å². The molecule has 3 aliphatic heterocycles. The molecule has 36 heavy (non-hydrogen) atoms. The van der Waals surface area contributed by atoms with Crippen molar-refractivity contribution in [2.45, 2.75) is 37.8 Å². The van der Waals surface area contributed by atoms with Gasteiger partial charge in [-0.15, -0.1) is 0 Å².